The highest BCUT2D eigenvalue weighted by Gasteiger charge is 2.33. The van der Waals surface area contributed by atoms with Crippen LogP contribution >= 0.6 is 0 Å². The summed E-state index contributed by atoms with van der Waals surface area (Å²) in [5.74, 6) is 0. The van der Waals surface area contributed by atoms with Gasteiger partial charge in [-0.1, -0.05) is 28.7 Å². The van der Waals surface area contributed by atoms with Crippen molar-refractivity contribution in [3.05, 3.63) is 47.3 Å². The Kier molecular flexibility index (Phi) is 4.69. The minimum absolute atomic E-state index is 0.150. The van der Waals surface area contributed by atoms with Crippen LogP contribution in [0.4, 0.5) is 0 Å². The van der Waals surface area contributed by atoms with Gasteiger partial charge in [-0.2, -0.15) is 5.10 Å². The van der Waals surface area contributed by atoms with Crippen molar-refractivity contribution in [2.24, 2.45) is 7.05 Å². The van der Waals surface area contributed by atoms with Gasteiger partial charge < -0.3 is 0 Å². The number of aromatic nitrogens is 2. The van der Waals surface area contributed by atoms with Crippen LogP contribution in [0.2, 0.25) is 0 Å². The Hall–Kier alpha value is -1.70. The molecule has 120 valence electrons. The highest BCUT2D eigenvalue weighted by molar-refractivity contribution is 7.89. The molecule has 22 heavy (non-hydrogen) atoms. The summed E-state index contributed by atoms with van der Waals surface area (Å²) in [6.07, 6.45) is 1.35. The second kappa shape index (κ2) is 6.20. The van der Waals surface area contributed by atoms with Crippen LogP contribution in [0.15, 0.2) is 35.4 Å². The van der Waals surface area contributed by atoms with Crippen molar-refractivity contribution in [2.75, 3.05) is 7.11 Å². The van der Waals surface area contributed by atoms with Gasteiger partial charge in [-0.05, 0) is 31.9 Å². The maximum atomic E-state index is 12.9. The number of hydrogen-bond acceptors (Lipinski definition) is 4. The Morgan fingerprint density at radius 3 is 2.41 bits per heavy atom. The lowest BCUT2D eigenvalue weighted by molar-refractivity contribution is -0.0774. The van der Waals surface area contributed by atoms with Gasteiger partial charge in [-0.3, -0.25) is 9.52 Å². The molecule has 0 unspecified atom stereocenters. The van der Waals surface area contributed by atoms with Gasteiger partial charge in [-0.15, -0.1) is 0 Å². The molecule has 0 N–H and O–H groups in total. The molecule has 1 heterocycles. The van der Waals surface area contributed by atoms with E-state index in [-0.39, 0.29) is 4.90 Å². The molecule has 1 aromatic carbocycles. The second-order valence-electron chi connectivity index (χ2n) is 5.19. The average molecular weight is 323 g/mol. The number of rotatable bonds is 5. The minimum Gasteiger partial charge on any atom is -0.287 e. The fraction of sp³-hybridized carbons (Fsp3) is 0.400. The zero-order chi connectivity index (χ0) is 16.5. The molecule has 2 rings (SSSR count). The molecule has 0 radical (unpaired) electrons. The molecule has 1 atom stereocenters. The van der Waals surface area contributed by atoms with Crippen LogP contribution in [0, 0.1) is 13.8 Å². The van der Waals surface area contributed by atoms with E-state index in [1.807, 2.05) is 31.2 Å². The fourth-order valence-electron chi connectivity index (χ4n) is 2.46. The second-order valence-corrected chi connectivity index (χ2v) is 6.94. The molecule has 0 bridgehead atoms. The molecule has 0 aliphatic heterocycles. The van der Waals surface area contributed by atoms with E-state index in [4.69, 9.17) is 4.84 Å². The lowest BCUT2D eigenvalue weighted by atomic mass is 10.0. The van der Waals surface area contributed by atoms with Gasteiger partial charge in [0.1, 0.15) is 4.90 Å². The SMILES string of the molecule is CON([C@H](C)c1ccccc1C)S(=O)(=O)c1cnn(C)c1C. The summed E-state index contributed by atoms with van der Waals surface area (Å²) in [7, 11) is -0.734. The third-order valence-corrected chi connectivity index (χ3v) is 5.74. The van der Waals surface area contributed by atoms with E-state index in [1.165, 1.54) is 18.0 Å². The molecule has 1 aromatic heterocycles. The average Bonchev–Trinajstić information content (AvgIpc) is 2.80. The Balaban J connectivity index is 2.47. The summed E-state index contributed by atoms with van der Waals surface area (Å²) >= 11 is 0. The van der Waals surface area contributed by atoms with Gasteiger partial charge in [0, 0.05) is 7.05 Å². The first kappa shape index (κ1) is 16.7. The number of hydroxylamine groups is 1. The molecule has 2 aromatic rings. The smallest absolute Gasteiger partial charge is 0.268 e. The zero-order valence-corrected chi connectivity index (χ0v) is 14.3. The highest BCUT2D eigenvalue weighted by atomic mass is 32.2. The van der Waals surface area contributed by atoms with E-state index >= 15 is 0 Å². The van der Waals surface area contributed by atoms with E-state index in [9.17, 15) is 8.42 Å². The van der Waals surface area contributed by atoms with Gasteiger partial charge in [0.15, 0.2) is 0 Å². The number of sulfonamides is 1. The third kappa shape index (κ3) is 2.79. The van der Waals surface area contributed by atoms with E-state index < -0.39 is 16.1 Å². The molecule has 0 amide bonds. The molecule has 0 aliphatic rings. The molecule has 0 fully saturated rings. The van der Waals surface area contributed by atoms with Crippen LogP contribution in [0.1, 0.15) is 29.8 Å². The first-order chi connectivity index (χ1) is 10.3. The number of benzene rings is 1. The van der Waals surface area contributed by atoms with Gasteiger partial charge in [0.05, 0.1) is 25.0 Å². The van der Waals surface area contributed by atoms with Crippen LogP contribution in [0.5, 0.6) is 0 Å². The summed E-state index contributed by atoms with van der Waals surface area (Å²) < 4.78 is 28.3. The third-order valence-electron chi connectivity index (χ3n) is 3.84. The van der Waals surface area contributed by atoms with Crippen molar-refractivity contribution < 1.29 is 13.3 Å². The van der Waals surface area contributed by atoms with Gasteiger partial charge in [0.2, 0.25) is 0 Å². The van der Waals surface area contributed by atoms with Gasteiger partial charge >= 0.3 is 0 Å². The zero-order valence-electron chi connectivity index (χ0n) is 13.4. The molecule has 0 spiro atoms. The van der Waals surface area contributed by atoms with Gasteiger partial charge in [0.25, 0.3) is 10.0 Å². The maximum absolute atomic E-state index is 12.9. The normalized spacial score (nSPS) is 13.5. The summed E-state index contributed by atoms with van der Waals surface area (Å²) in [5, 5.41) is 4.00. The molecule has 6 nitrogen and oxygen atoms in total. The molecular formula is C15H21N3O3S. The van der Waals surface area contributed by atoms with Crippen LogP contribution < -0.4 is 0 Å². The Bertz CT molecular complexity index is 768. The predicted molar refractivity (Wildman–Crippen MR) is 83.6 cm³/mol. The fourth-order valence-corrected chi connectivity index (χ4v) is 4.07. The minimum atomic E-state index is -3.80. The maximum Gasteiger partial charge on any atom is 0.268 e. The summed E-state index contributed by atoms with van der Waals surface area (Å²) in [4.78, 5) is 5.36. The first-order valence-corrected chi connectivity index (χ1v) is 8.37. The van der Waals surface area contributed by atoms with Crippen LogP contribution in [0.25, 0.3) is 0 Å². The predicted octanol–water partition coefficient (Wildman–Crippen LogP) is 2.35. The Morgan fingerprint density at radius 2 is 1.91 bits per heavy atom. The van der Waals surface area contributed by atoms with Crippen molar-refractivity contribution in [3.63, 3.8) is 0 Å². The van der Waals surface area contributed by atoms with E-state index in [1.54, 1.807) is 20.9 Å². The van der Waals surface area contributed by atoms with Crippen molar-refractivity contribution in [2.45, 2.75) is 31.7 Å². The molecule has 0 aliphatic carbocycles. The van der Waals surface area contributed by atoms with Crippen molar-refractivity contribution in [3.8, 4) is 0 Å². The molecule has 0 saturated carbocycles. The van der Waals surface area contributed by atoms with Crippen LogP contribution in [-0.4, -0.2) is 29.8 Å². The quantitative estimate of drug-likeness (QED) is 0.792. The van der Waals surface area contributed by atoms with E-state index in [0.29, 0.717) is 5.69 Å². The number of hydrogen-bond donors (Lipinski definition) is 0. The lowest BCUT2D eigenvalue weighted by Gasteiger charge is -2.27. The summed E-state index contributed by atoms with van der Waals surface area (Å²) in [5.41, 5.74) is 2.48. The topological polar surface area (TPSA) is 64.4 Å². The standard InChI is InChI=1S/C15H21N3O3S/c1-11-8-6-7-9-14(11)12(2)18(21-5)22(19,20)15-10-16-17(4)13(15)3/h6-10,12H,1-5H3/t12-/m1/s1. The summed E-state index contributed by atoms with van der Waals surface area (Å²) in [6.45, 7) is 5.46. The Morgan fingerprint density at radius 1 is 1.27 bits per heavy atom. The van der Waals surface area contributed by atoms with Crippen molar-refractivity contribution in [1.82, 2.24) is 14.2 Å². The first-order valence-electron chi connectivity index (χ1n) is 6.93. The van der Waals surface area contributed by atoms with Crippen LogP contribution in [-0.2, 0) is 21.9 Å². The summed E-state index contributed by atoms with van der Waals surface area (Å²) in [6, 6.07) is 7.20. The monoisotopic (exact) mass is 323 g/mol. The molecule has 0 saturated heterocycles. The Labute approximate surface area is 131 Å². The van der Waals surface area contributed by atoms with E-state index in [2.05, 4.69) is 5.10 Å². The largest absolute Gasteiger partial charge is 0.287 e. The highest BCUT2D eigenvalue weighted by Crippen LogP contribution is 2.30. The number of aryl methyl sites for hydroxylation is 2. The number of nitrogens with zero attached hydrogens (tertiary/aromatic N) is 3. The van der Waals surface area contributed by atoms with Crippen LogP contribution in [0.3, 0.4) is 0 Å². The van der Waals surface area contributed by atoms with Crippen molar-refractivity contribution >= 4 is 10.0 Å². The molecular weight excluding hydrogens is 302 g/mol. The van der Waals surface area contributed by atoms with Crippen molar-refractivity contribution in [1.29, 1.82) is 0 Å². The molecule has 7 heteroatoms. The van der Waals surface area contributed by atoms with Gasteiger partial charge in [-0.25, -0.2) is 8.42 Å². The lowest BCUT2D eigenvalue weighted by Crippen LogP contribution is -2.33. The van der Waals surface area contributed by atoms with E-state index in [0.717, 1.165) is 15.6 Å².